The zero-order valence-corrected chi connectivity index (χ0v) is 16.9. The first-order valence-electron chi connectivity index (χ1n) is 10.3. The van der Waals surface area contributed by atoms with Crippen LogP contribution in [0.25, 0.3) is 0 Å². The first kappa shape index (κ1) is 20.3. The normalized spacial score (nSPS) is 32.6. The van der Waals surface area contributed by atoms with Gasteiger partial charge < -0.3 is 24.1 Å². The molecule has 3 aliphatic heterocycles. The summed E-state index contributed by atoms with van der Waals surface area (Å²) in [6, 6.07) is 14.9. The van der Waals surface area contributed by atoms with Gasteiger partial charge in [0.1, 0.15) is 24.4 Å². The summed E-state index contributed by atoms with van der Waals surface area (Å²) in [5.41, 5.74) is 1.40. The summed E-state index contributed by atoms with van der Waals surface area (Å²) in [6.45, 7) is 2.24. The Morgan fingerprint density at radius 3 is 2.29 bits per heavy atom. The summed E-state index contributed by atoms with van der Waals surface area (Å²) in [7, 11) is 0. The third kappa shape index (κ3) is 3.37. The number of fused-ring (bicyclic) bond motifs is 2. The summed E-state index contributed by atoms with van der Waals surface area (Å²) in [6.07, 6.45) is -4.30. The lowest BCUT2D eigenvalue weighted by Crippen LogP contribution is -2.67. The maximum absolute atomic E-state index is 13.1. The number of aliphatic hydroxyl groups excluding tert-OH is 1. The number of hydrogen-bond donors (Lipinski definition) is 1. The van der Waals surface area contributed by atoms with Crippen molar-refractivity contribution in [3.8, 4) is 0 Å². The van der Waals surface area contributed by atoms with E-state index >= 15 is 0 Å². The van der Waals surface area contributed by atoms with Crippen molar-refractivity contribution in [1.82, 2.24) is 4.90 Å². The molecule has 1 unspecified atom stereocenters. The first-order chi connectivity index (χ1) is 15.1. The second-order valence-corrected chi connectivity index (χ2v) is 7.68. The second-order valence-electron chi connectivity index (χ2n) is 7.68. The summed E-state index contributed by atoms with van der Waals surface area (Å²) in [5.74, 6) is -0.967. The molecule has 6 atom stereocenters. The standard InChI is InChI=1S/C23H23NO7/c1-2-28-23-17(24-20(26)14-10-6-7-11-15(14)21(24)27)18(25)19-16(30-23)12-29-22(31-19)13-8-4-3-5-9-13/h3-11,16-19,22-23,25H,2,12H2,1H3/t16-,17-,18-,19-,22?,23-/m1/s1. The minimum Gasteiger partial charge on any atom is -0.388 e. The van der Waals surface area contributed by atoms with Crippen LogP contribution in [0, 0.1) is 0 Å². The molecule has 162 valence electrons. The van der Waals surface area contributed by atoms with Gasteiger partial charge in [-0.05, 0) is 19.1 Å². The van der Waals surface area contributed by atoms with Crippen LogP contribution in [0.4, 0.5) is 0 Å². The molecule has 5 rings (SSSR count). The molecule has 0 radical (unpaired) electrons. The number of hydrogen-bond acceptors (Lipinski definition) is 7. The average Bonchev–Trinajstić information content (AvgIpc) is 3.05. The maximum Gasteiger partial charge on any atom is 0.262 e. The van der Waals surface area contributed by atoms with E-state index in [1.807, 2.05) is 30.3 Å². The summed E-state index contributed by atoms with van der Waals surface area (Å²) in [5, 5.41) is 11.3. The summed E-state index contributed by atoms with van der Waals surface area (Å²) in [4.78, 5) is 27.2. The predicted molar refractivity (Wildman–Crippen MR) is 107 cm³/mol. The van der Waals surface area contributed by atoms with Crippen LogP contribution in [0.5, 0.6) is 0 Å². The SMILES string of the molecule is CCO[C@@H]1O[C@@H]2COC(c3ccccc3)O[C@H]2[C@H](O)[C@H]1N1C(=O)c2ccccc2C1=O. The van der Waals surface area contributed by atoms with Crippen molar-refractivity contribution >= 4 is 11.8 Å². The van der Waals surface area contributed by atoms with Gasteiger partial charge in [-0.2, -0.15) is 0 Å². The number of imide groups is 1. The fourth-order valence-corrected chi connectivity index (χ4v) is 4.41. The Morgan fingerprint density at radius 2 is 1.65 bits per heavy atom. The Hall–Kier alpha value is -2.62. The zero-order chi connectivity index (χ0) is 21.5. The molecule has 2 amide bonds. The fourth-order valence-electron chi connectivity index (χ4n) is 4.41. The number of carbonyl (C=O) groups excluding carboxylic acids is 2. The lowest BCUT2D eigenvalue weighted by molar-refractivity contribution is -0.348. The van der Waals surface area contributed by atoms with E-state index in [1.165, 1.54) is 0 Å². The van der Waals surface area contributed by atoms with Crippen LogP contribution in [-0.4, -0.2) is 65.7 Å². The van der Waals surface area contributed by atoms with Crippen LogP contribution in [0.3, 0.4) is 0 Å². The van der Waals surface area contributed by atoms with Gasteiger partial charge in [-0.25, -0.2) is 0 Å². The number of nitrogens with zero attached hydrogens (tertiary/aromatic N) is 1. The Kier molecular flexibility index (Phi) is 5.33. The van der Waals surface area contributed by atoms with Crippen molar-refractivity contribution in [2.24, 2.45) is 0 Å². The minimum atomic E-state index is -1.22. The predicted octanol–water partition coefficient (Wildman–Crippen LogP) is 1.89. The number of rotatable bonds is 4. The van der Waals surface area contributed by atoms with Gasteiger partial charge in [0, 0.05) is 12.2 Å². The number of amides is 2. The third-order valence-electron chi connectivity index (χ3n) is 5.86. The number of benzene rings is 2. The second kappa shape index (κ2) is 8.14. The molecule has 3 aliphatic rings. The molecule has 8 heteroatoms. The molecular formula is C23H23NO7. The fraction of sp³-hybridized carbons (Fsp3) is 0.391. The van der Waals surface area contributed by atoms with E-state index in [1.54, 1.807) is 31.2 Å². The summed E-state index contributed by atoms with van der Waals surface area (Å²) >= 11 is 0. The van der Waals surface area contributed by atoms with Crippen molar-refractivity contribution in [3.63, 3.8) is 0 Å². The molecule has 0 aromatic heterocycles. The minimum absolute atomic E-state index is 0.180. The zero-order valence-electron chi connectivity index (χ0n) is 16.9. The van der Waals surface area contributed by atoms with Gasteiger partial charge >= 0.3 is 0 Å². The molecule has 2 saturated heterocycles. The van der Waals surface area contributed by atoms with Gasteiger partial charge in [0.25, 0.3) is 11.8 Å². The maximum atomic E-state index is 13.1. The topological polar surface area (TPSA) is 94.5 Å². The van der Waals surface area contributed by atoms with Gasteiger partial charge in [-0.3, -0.25) is 14.5 Å². The van der Waals surface area contributed by atoms with Crippen molar-refractivity contribution in [2.45, 2.75) is 43.9 Å². The Morgan fingerprint density at radius 1 is 1.00 bits per heavy atom. The van der Waals surface area contributed by atoms with E-state index in [-0.39, 0.29) is 13.2 Å². The highest BCUT2D eigenvalue weighted by molar-refractivity contribution is 6.21. The first-order valence-corrected chi connectivity index (χ1v) is 10.3. The number of carbonyl (C=O) groups is 2. The van der Waals surface area contributed by atoms with Crippen molar-refractivity contribution in [1.29, 1.82) is 0 Å². The van der Waals surface area contributed by atoms with Crippen LogP contribution in [0.2, 0.25) is 0 Å². The van der Waals surface area contributed by atoms with Crippen LogP contribution in [0.1, 0.15) is 39.5 Å². The smallest absolute Gasteiger partial charge is 0.262 e. The average molecular weight is 425 g/mol. The lowest BCUT2D eigenvalue weighted by Gasteiger charge is -2.49. The van der Waals surface area contributed by atoms with Crippen molar-refractivity contribution < 1.29 is 33.6 Å². The van der Waals surface area contributed by atoms with Crippen LogP contribution < -0.4 is 0 Å². The largest absolute Gasteiger partial charge is 0.388 e. The van der Waals surface area contributed by atoms with Gasteiger partial charge in [-0.1, -0.05) is 42.5 Å². The van der Waals surface area contributed by atoms with E-state index in [0.29, 0.717) is 11.1 Å². The highest BCUT2D eigenvalue weighted by Crippen LogP contribution is 2.38. The molecule has 2 fully saturated rings. The summed E-state index contributed by atoms with van der Waals surface area (Å²) < 4.78 is 23.6. The molecular weight excluding hydrogens is 402 g/mol. The monoisotopic (exact) mass is 425 g/mol. The molecule has 31 heavy (non-hydrogen) atoms. The molecule has 8 nitrogen and oxygen atoms in total. The van der Waals surface area contributed by atoms with Crippen molar-refractivity contribution in [2.75, 3.05) is 13.2 Å². The van der Waals surface area contributed by atoms with E-state index in [0.717, 1.165) is 10.5 Å². The van der Waals surface area contributed by atoms with Crippen LogP contribution >= 0.6 is 0 Å². The van der Waals surface area contributed by atoms with Gasteiger partial charge in [0.2, 0.25) is 0 Å². The molecule has 0 saturated carbocycles. The lowest BCUT2D eigenvalue weighted by atomic mass is 9.94. The highest BCUT2D eigenvalue weighted by Gasteiger charge is 2.55. The molecule has 0 spiro atoms. The third-order valence-corrected chi connectivity index (χ3v) is 5.86. The number of aliphatic hydroxyl groups is 1. The molecule has 0 aliphatic carbocycles. The van der Waals surface area contributed by atoms with Crippen molar-refractivity contribution in [3.05, 3.63) is 71.3 Å². The molecule has 1 N–H and O–H groups in total. The van der Waals surface area contributed by atoms with E-state index in [4.69, 9.17) is 18.9 Å². The molecule has 2 aromatic rings. The molecule has 2 aromatic carbocycles. The highest BCUT2D eigenvalue weighted by atomic mass is 16.7. The van der Waals surface area contributed by atoms with Gasteiger partial charge in [0.15, 0.2) is 12.6 Å². The number of ether oxygens (including phenoxy) is 4. The van der Waals surface area contributed by atoms with Crippen LogP contribution in [0.15, 0.2) is 54.6 Å². The quantitative estimate of drug-likeness (QED) is 0.748. The Labute approximate surface area is 179 Å². The van der Waals surface area contributed by atoms with Crippen LogP contribution in [-0.2, 0) is 18.9 Å². The molecule has 0 bridgehead atoms. The van der Waals surface area contributed by atoms with E-state index in [9.17, 15) is 14.7 Å². The Bertz CT molecular complexity index is 946. The Balaban J connectivity index is 1.45. The van der Waals surface area contributed by atoms with Gasteiger partial charge in [0.05, 0.1) is 17.7 Å². The van der Waals surface area contributed by atoms with E-state index < -0.39 is 48.7 Å². The molecule has 3 heterocycles. The van der Waals surface area contributed by atoms with Gasteiger partial charge in [-0.15, -0.1) is 0 Å². The van der Waals surface area contributed by atoms with E-state index in [2.05, 4.69) is 0 Å².